The highest BCUT2D eigenvalue weighted by Crippen LogP contribution is 2.19. The molecule has 0 radical (unpaired) electrons. The van der Waals surface area contributed by atoms with E-state index in [-0.39, 0.29) is 17.8 Å². The Morgan fingerprint density at radius 2 is 2.21 bits per heavy atom. The van der Waals surface area contributed by atoms with Crippen molar-refractivity contribution < 1.29 is 9.72 Å². The molecule has 2 rings (SSSR count). The standard InChI is InChI=1S/C11H11N5O3/c1-15(6-10-12-7-13-14-10)11(17)8-4-2-3-5-9(8)16(18)19/h2-5,7H,6H2,1H3,(H,12,13,14). The van der Waals surface area contributed by atoms with Crippen molar-refractivity contribution in [2.75, 3.05) is 7.05 Å². The van der Waals surface area contributed by atoms with Gasteiger partial charge in [0, 0.05) is 13.1 Å². The summed E-state index contributed by atoms with van der Waals surface area (Å²) in [6, 6.07) is 5.83. The summed E-state index contributed by atoms with van der Waals surface area (Å²) in [5.74, 6) is 0.0677. The molecule has 0 fully saturated rings. The van der Waals surface area contributed by atoms with Crippen molar-refractivity contribution >= 4 is 11.6 Å². The second-order valence-corrected chi connectivity index (χ2v) is 3.87. The number of benzene rings is 1. The smallest absolute Gasteiger partial charge is 0.282 e. The summed E-state index contributed by atoms with van der Waals surface area (Å²) < 4.78 is 0. The molecule has 0 aliphatic rings. The molecule has 8 heteroatoms. The molecule has 2 aromatic rings. The van der Waals surface area contributed by atoms with Gasteiger partial charge in [-0.15, -0.1) is 0 Å². The Bertz CT molecular complexity index is 596. The zero-order valence-electron chi connectivity index (χ0n) is 10.1. The van der Waals surface area contributed by atoms with Crippen LogP contribution in [0.15, 0.2) is 30.6 Å². The van der Waals surface area contributed by atoms with Crippen molar-refractivity contribution in [2.24, 2.45) is 0 Å². The van der Waals surface area contributed by atoms with E-state index in [9.17, 15) is 14.9 Å². The van der Waals surface area contributed by atoms with Gasteiger partial charge in [0.2, 0.25) is 0 Å². The van der Waals surface area contributed by atoms with E-state index in [1.807, 2.05) is 0 Å². The number of nitro benzene ring substituents is 1. The van der Waals surface area contributed by atoms with E-state index < -0.39 is 10.8 Å². The summed E-state index contributed by atoms with van der Waals surface area (Å²) in [7, 11) is 1.54. The fourth-order valence-corrected chi connectivity index (χ4v) is 1.62. The molecule has 1 N–H and O–H groups in total. The number of para-hydroxylation sites is 1. The van der Waals surface area contributed by atoms with Crippen molar-refractivity contribution in [1.82, 2.24) is 20.1 Å². The van der Waals surface area contributed by atoms with E-state index in [2.05, 4.69) is 15.2 Å². The van der Waals surface area contributed by atoms with Crippen LogP contribution in [0.25, 0.3) is 0 Å². The van der Waals surface area contributed by atoms with Crippen LogP contribution < -0.4 is 0 Å². The Labute approximate surface area is 108 Å². The molecule has 1 aromatic carbocycles. The van der Waals surface area contributed by atoms with Gasteiger partial charge in [-0.3, -0.25) is 20.0 Å². The molecule has 1 heterocycles. The van der Waals surface area contributed by atoms with Gasteiger partial charge < -0.3 is 4.90 Å². The number of H-pyrrole nitrogens is 1. The number of carbonyl (C=O) groups is 1. The molecule has 0 aliphatic heterocycles. The third kappa shape index (κ3) is 2.73. The maximum Gasteiger partial charge on any atom is 0.282 e. The Morgan fingerprint density at radius 1 is 1.47 bits per heavy atom. The first-order valence-corrected chi connectivity index (χ1v) is 5.42. The number of nitrogens with one attached hydrogen (secondary N) is 1. The van der Waals surface area contributed by atoms with Crippen LogP contribution in [0.2, 0.25) is 0 Å². The Hall–Kier alpha value is -2.77. The SMILES string of the molecule is CN(Cc1ncn[nH]1)C(=O)c1ccccc1[N+](=O)[O-]. The van der Waals surface area contributed by atoms with Gasteiger partial charge in [-0.05, 0) is 6.07 Å². The summed E-state index contributed by atoms with van der Waals surface area (Å²) >= 11 is 0. The summed E-state index contributed by atoms with van der Waals surface area (Å²) in [5, 5.41) is 17.2. The van der Waals surface area contributed by atoms with Crippen molar-refractivity contribution in [3.05, 3.63) is 52.1 Å². The molecule has 0 unspecified atom stereocenters. The molecular formula is C11H11N5O3. The number of hydrogen-bond acceptors (Lipinski definition) is 5. The van der Waals surface area contributed by atoms with Gasteiger partial charge in [0.15, 0.2) is 0 Å². The molecule has 1 amide bonds. The van der Waals surface area contributed by atoms with Crippen molar-refractivity contribution in [2.45, 2.75) is 6.54 Å². The van der Waals surface area contributed by atoms with E-state index >= 15 is 0 Å². The highest BCUT2D eigenvalue weighted by molar-refractivity contribution is 5.97. The number of carbonyl (C=O) groups excluding carboxylic acids is 1. The monoisotopic (exact) mass is 261 g/mol. The molecule has 8 nitrogen and oxygen atoms in total. The molecule has 0 saturated heterocycles. The Kier molecular flexibility index (Phi) is 3.51. The van der Waals surface area contributed by atoms with Crippen LogP contribution in [-0.2, 0) is 6.54 Å². The molecule has 0 aliphatic carbocycles. The quantitative estimate of drug-likeness (QED) is 0.652. The Balaban J connectivity index is 2.22. The molecule has 1 aromatic heterocycles. The fourth-order valence-electron chi connectivity index (χ4n) is 1.62. The predicted octanol–water partition coefficient (Wildman–Crippen LogP) is 0.985. The minimum atomic E-state index is -0.574. The molecule has 0 spiro atoms. The maximum atomic E-state index is 12.2. The Morgan fingerprint density at radius 3 is 2.84 bits per heavy atom. The maximum absolute atomic E-state index is 12.2. The number of nitrogens with zero attached hydrogens (tertiary/aromatic N) is 4. The number of rotatable bonds is 4. The van der Waals surface area contributed by atoms with Gasteiger partial charge >= 0.3 is 0 Å². The molecule has 98 valence electrons. The number of amides is 1. The van der Waals surface area contributed by atoms with Gasteiger partial charge in [0.05, 0.1) is 11.5 Å². The van der Waals surface area contributed by atoms with Gasteiger partial charge in [0.25, 0.3) is 11.6 Å². The summed E-state index contributed by atoms with van der Waals surface area (Å²) in [5.41, 5.74) is -0.161. The van der Waals surface area contributed by atoms with E-state index in [1.54, 1.807) is 13.1 Å². The zero-order valence-corrected chi connectivity index (χ0v) is 10.1. The van der Waals surface area contributed by atoms with Crippen LogP contribution in [0, 0.1) is 10.1 Å². The minimum Gasteiger partial charge on any atom is -0.334 e. The van der Waals surface area contributed by atoms with Crippen molar-refractivity contribution in [3.8, 4) is 0 Å². The second kappa shape index (κ2) is 5.25. The van der Waals surface area contributed by atoms with Crippen LogP contribution in [0.3, 0.4) is 0 Å². The summed E-state index contributed by atoms with van der Waals surface area (Å²) in [6.07, 6.45) is 1.33. The lowest BCUT2D eigenvalue weighted by Crippen LogP contribution is -2.27. The normalized spacial score (nSPS) is 10.2. The van der Waals surface area contributed by atoms with Crippen LogP contribution in [0.1, 0.15) is 16.2 Å². The number of aromatic nitrogens is 3. The molecular weight excluding hydrogens is 250 g/mol. The largest absolute Gasteiger partial charge is 0.334 e. The van der Waals surface area contributed by atoms with Crippen LogP contribution in [-0.4, -0.2) is 38.0 Å². The second-order valence-electron chi connectivity index (χ2n) is 3.87. The van der Waals surface area contributed by atoms with Gasteiger partial charge in [-0.25, -0.2) is 4.98 Å². The lowest BCUT2D eigenvalue weighted by molar-refractivity contribution is -0.385. The third-order valence-corrected chi connectivity index (χ3v) is 2.53. The van der Waals surface area contributed by atoms with E-state index in [1.165, 1.54) is 29.4 Å². The van der Waals surface area contributed by atoms with E-state index in [0.717, 1.165) is 0 Å². The van der Waals surface area contributed by atoms with Crippen LogP contribution in [0.4, 0.5) is 5.69 Å². The number of hydrogen-bond donors (Lipinski definition) is 1. The van der Waals surface area contributed by atoms with E-state index in [4.69, 9.17) is 0 Å². The van der Waals surface area contributed by atoms with Gasteiger partial charge in [-0.2, -0.15) is 5.10 Å². The molecule has 19 heavy (non-hydrogen) atoms. The average Bonchev–Trinajstić information content (AvgIpc) is 2.90. The first kappa shape index (κ1) is 12.7. The van der Waals surface area contributed by atoms with Crippen LogP contribution >= 0.6 is 0 Å². The minimum absolute atomic E-state index is 0.0505. The lowest BCUT2D eigenvalue weighted by Gasteiger charge is -2.15. The predicted molar refractivity (Wildman–Crippen MR) is 65.3 cm³/mol. The van der Waals surface area contributed by atoms with Crippen molar-refractivity contribution in [3.63, 3.8) is 0 Å². The average molecular weight is 261 g/mol. The number of nitro groups is 1. The summed E-state index contributed by atoms with van der Waals surface area (Å²) in [4.78, 5) is 27.7. The fraction of sp³-hybridized carbons (Fsp3) is 0.182. The first-order chi connectivity index (χ1) is 9.09. The first-order valence-electron chi connectivity index (χ1n) is 5.42. The third-order valence-electron chi connectivity index (χ3n) is 2.53. The van der Waals surface area contributed by atoms with E-state index in [0.29, 0.717) is 5.82 Å². The topological polar surface area (TPSA) is 105 Å². The van der Waals surface area contributed by atoms with Crippen LogP contribution in [0.5, 0.6) is 0 Å². The highest BCUT2D eigenvalue weighted by Gasteiger charge is 2.22. The molecule has 0 bridgehead atoms. The zero-order chi connectivity index (χ0) is 13.8. The summed E-state index contributed by atoms with van der Waals surface area (Å²) in [6.45, 7) is 0.199. The van der Waals surface area contributed by atoms with Crippen molar-refractivity contribution in [1.29, 1.82) is 0 Å². The number of aromatic amines is 1. The van der Waals surface area contributed by atoms with Gasteiger partial charge in [-0.1, -0.05) is 12.1 Å². The van der Waals surface area contributed by atoms with Gasteiger partial charge in [0.1, 0.15) is 17.7 Å². The molecule has 0 saturated carbocycles. The lowest BCUT2D eigenvalue weighted by atomic mass is 10.1. The molecule has 0 atom stereocenters. The highest BCUT2D eigenvalue weighted by atomic mass is 16.6.